The Balaban J connectivity index is 1.68. The van der Waals surface area contributed by atoms with Gasteiger partial charge in [-0.15, -0.1) is 11.3 Å². The van der Waals surface area contributed by atoms with Gasteiger partial charge in [-0.05, 0) is 37.6 Å². The monoisotopic (exact) mass is 332 g/mol. The predicted molar refractivity (Wildman–Crippen MR) is 91.7 cm³/mol. The fourth-order valence-corrected chi connectivity index (χ4v) is 3.26. The summed E-state index contributed by atoms with van der Waals surface area (Å²) in [5.74, 6) is 0. The van der Waals surface area contributed by atoms with Crippen LogP contribution in [0.1, 0.15) is 21.8 Å². The van der Waals surface area contributed by atoms with E-state index in [1.165, 1.54) is 22.6 Å². The lowest BCUT2D eigenvalue weighted by Crippen LogP contribution is -2.05. The fourth-order valence-electron chi connectivity index (χ4n) is 2.34. The largest absolute Gasteiger partial charge is 0.380 e. The van der Waals surface area contributed by atoms with Crippen LogP contribution in [0.15, 0.2) is 36.5 Å². The number of thiazole rings is 1. The van der Waals surface area contributed by atoms with Crippen molar-refractivity contribution in [3.63, 3.8) is 0 Å². The maximum absolute atomic E-state index is 5.84. The molecule has 2 heterocycles. The van der Waals surface area contributed by atoms with Gasteiger partial charge in [0.25, 0.3) is 0 Å². The molecule has 0 fully saturated rings. The molecule has 0 atom stereocenters. The topological polar surface area (TPSA) is 42.7 Å². The van der Waals surface area contributed by atoms with E-state index < -0.39 is 0 Å². The van der Waals surface area contributed by atoms with Gasteiger partial charge in [-0.3, -0.25) is 4.68 Å². The third-order valence-electron chi connectivity index (χ3n) is 3.35. The summed E-state index contributed by atoms with van der Waals surface area (Å²) in [6.07, 6.45) is 1.81. The van der Waals surface area contributed by atoms with Crippen LogP contribution < -0.4 is 5.32 Å². The normalized spacial score (nSPS) is 10.9. The second kappa shape index (κ2) is 6.50. The number of halogens is 1. The highest BCUT2D eigenvalue weighted by Crippen LogP contribution is 2.20. The van der Waals surface area contributed by atoms with Crippen molar-refractivity contribution in [2.75, 3.05) is 5.32 Å². The summed E-state index contributed by atoms with van der Waals surface area (Å²) < 4.78 is 2.60. The number of hydrogen-bond donors (Lipinski definition) is 1. The maximum Gasteiger partial charge on any atom is 0.183 e. The van der Waals surface area contributed by atoms with Gasteiger partial charge in [-0.2, -0.15) is 5.10 Å². The smallest absolute Gasteiger partial charge is 0.183 e. The molecule has 0 radical (unpaired) electrons. The van der Waals surface area contributed by atoms with Crippen molar-refractivity contribution < 1.29 is 0 Å². The van der Waals surface area contributed by atoms with Crippen molar-refractivity contribution in [2.45, 2.75) is 26.9 Å². The minimum atomic E-state index is 0.579. The average Bonchev–Trinajstić information content (AvgIpc) is 3.03. The van der Waals surface area contributed by atoms with Crippen LogP contribution in [0.4, 0.5) is 5.69 Å². The Morgan fingerprint density at radius 3 is 2.82 bits per heavy atom. The Bertz CT molecular complexity index is 778. The van der Waals surface area contributed by atoms with Crippen LogP contribution in [0.25, 0.3) is 0 Å². The lowest BCUT2D eigenvalue weighted by atomic mass is 10.2. The number of aryl methyl sites for hydroxylation is 2. The Morgan fingerprint density at radius 1 is 1.27 bits per heavy atom. The third kappa shape index (κ3) is 3.67. The first kappa shape index (κ1) is 15.1. The van der Waals surface area contributed by atoms with E-state index in [0.717, 1.165) is 29.3 Å². The van der Waals surface area contributed by atoms with Crippen LogP contribution in [0, 0.1) is 13.8 Å². The van der Waals surface area contributed by atoms with Gasteiger partial charge in [-0.1, -0.05) is 23.7 Å². The SMILES string of the molecule is Cc1cc(C)n(Cc2cccc(NCc3cnc(Cl)s3)c2)n1. The van der Waals surface area contributed by atoms with E-state index in [9.17, 15) is 0 Å². The molecule has 0 saturated carbocycles. The molecule has 0 saturated heterocycles. The second-order valence-corrected chi connectivity index (χ2v) is 6.92. The van der Waals surface area contributed by atoms with Crippen LogP contribution in [-0.2, 0) is 13.1 Å². The molecular weight excluding hydrogens is 316 g/mol. The highest BCUT2D eigenvalue weighted by molar-refractivity contribution is 7.15. The quantitative estimate of drug-likeness (QED) is 0.758. The molecule has 2 aromatic heterocycles. The Kier molecular flexibility index (Phi) is 4.45. The number of nitrogens with zero attached hydrogens (tertiary/aromatic N) is 3. The minimum Gasteiger partial charge on any atom is -0.380 e. The van der Waals surface area contributed by atoms with Crippen LogP contribution in [0.2, 0.25) is 4.47 Å². The number of benzene rings is 1. The van der Waals surface area contributed by atoms with Crippen LogP contribution in [0.3, 0.4) is 0 Å². The van der Waals surface area contributed by atoms with Gasteiger partial charge in [-0.25, -0.2) is 4.98 Å². The van der Waals surface area contributed by atoms with E-state index >= 15 is 0 Å². The number of rotatable bonds is 5. The first-order valence-corrected chi connectivity index (χ1v) is 8.23. The summed E-state index contributed by atoms with van der Waals surface area (Å²) >= 11 is 7.34. The van der Waals surface area contributed by atoms with Crippen molar-refractivity contribution in [3.8, 4) is 0 Å². The number of anilines is 1. The molecule has 4 nitrogen and oxygen atoms in total. The lowest BCUT2D eigenvalue weighted by molar-refractivity contribution is 0.659. The van der Waals surface area contributed by atoms with Gasteiger partial charge in [0.15, 0.2) is 4.47 Å². The van der Waals surface area contributed by atoms with E-state index in [4.69, 9.17) is 11.6 Å². The van der Waals surface area contributed by atoms with Crippen molar-refractivity contribution in [3.05, 3.63) is 62.8 Å². The molecule has 3 rings (SSSR count). The molecule has 6 heteroatoms. The Hall–Kier alpha value is -1.85. The van der Waals surface area contributed by atoms with E-state index in [1.54, 1.807) is 6.20 Å². The summed E-state index contributed by atoms with van der Waals surface area (Å²) in [6, 6.07) is 10.5. The molecule has 0 spiro atoms. The number of hydrogen-bond acceptors (Lipinski definition) is 4. The Labute approximate surface area is 138 Å². The molecule has 1 N–H and O–H groups in total. The van der Waals surface area contributed by atoms with Crippen molar-refractivity contribution in [2.24, 2.45) is 0 Å². The summed E-state index contributed by atoms with van der Waals surface area (Å²) in [6.45, 7) is 5.60. The zero-order valence-electron chi connectivity index (χ0n) is 12.5. The fraction of sp³-hybridized carbons (Fsp3) is 0.250. The zero-order chi connectivity index (χ0) is 15.5. The van der Waals surface area contributed by atoms with Crippen molar-refractivity contribution in [1.29, 1.82) is 0 Å². The summed E-state index contributed by atoms with van der Waals surface area (Å²) in [4.78, 5) is 5.17. The van der Waals surface area contributed by atoms with Crippen molar-refractivity contribution >= 4 is 28.6 Å². The third-order valence-corrected chi connectivity index (χ3v) is 4.47. The minimum absolute atomic E-state index is 0.579. The van der Waals surface area contributed by atoms with Gasteiger partial charge in [0.05, 0.1) is 18.8 Å². The number of aromatic nitrogens is 3. The molecular formula is C16H17ClN4S. The van der Waals surface area contributed by atoms with Gasteiger partial charge in [0.2, 0.25) is 0 Å². The molecule has 0 aliphatic heterocycles. The van der Waals surface area contributed by atoms with Gasteiger partial charge in [0.1, 0.15) is 0 Å². The van der Waals surface area contributed by atoms with Gasteiger partial charge < -0.3 is 5.32 Å². The van der Waals surface area contributed by atoms with Crippen molar-refractivity contribution in [1.82, 2.24) is 14.8 Å². The van der Waals surface area contributed by atoms with E-state index in [0.29, 0.717) is 4.47 Å². The predicted octanol–water partition coefficient (Wildman–Crippen LogP) is 4.27. The van der Waals surface area contributed by atoms with Crippen LogP contribution >= 0.6 is 22.9 Å². The molecule has 3 aromatic rings. The standard InChI is InChI=1S/C16H17ClN4S/c1-11-6-12(2)21(20-11)10-13-4-3-5-14(7-13)18-8-15-9-19-16(17)22-15/h3-7,9,18H,8,10H2,1-2H3. The molecule has 0 amide bonds. The summed E-state index contributed by atoms with van der Waals surface area (Å²) in [5, 5.41) is 7.91. The summed E-state index contributed by atoms with van der Waals surface area (Å²) in [7, 11) is 0. The zero-order valence-corrected chi connectivity index (χ0v) is 14.1. The van der Waals surface area contributed by atoms with E-state index in [1.807, 2.05) is 11.6 Å². The molecule has 114 valence electrons. The first-order chi connectivity index (χ1) is 10.6. The highest BCUT2D eigenvalue weighted by Gasteiger charge is 2.04. The van der Waals surface area contributed by atoms with Crippen LogP contribution in [0.5, 0.6) is 0 Å². The molecule has 0 bridgehead atoms. The molecule has 1 aromatic carbocycles. The lowest BCUT2D eigenvalue weighted by Gasteiger charge is -2.09. The molecule has 0 unspecified atom stereocenters. The second-order valence-electron chi connectivity index (χ2n) is 5.22. The summed E-state index contributed by atoms with van der Waals surface area (Å²) in [5.41, 5.74) is 4.53. The maximum atomic E-state index is 5.84. The first-order valence-electron chi connectivity index (χ1n) is 7.04. The van der Waals surface area contributed by atoms with Crippen LogP contribution in [-0.4, -0.2) is 14.8 Å². The average molecular weight is 333 g/mol. The molecule has 0 aliphatic rings. The molecule has 22 heavy (non-hydrogen) atoms. The number of nitrogens with one attached hydrogen (secondary N) is 1. The van der Waals surface area contributed by atoms with E-state index in [-0.39, 0.29) is 0 Å². The highest BCUT2D eigenvalue weighted by atomic mass is 35.5. The van der Waals surface area contributed by atoms with Gasteiger partial charge >= 0.3 is 0 Å². The van der Waals surface area contributed by atoms with E-state index in [2.05, 4.69) is 52.7 Å². The Morgan fingerprint density at radius 2 is 2.14 bits per heavy atom. The van der Waals surface area contributed by atoms with Gasteiger partial charge in [0, 0.05) is 22.5 Å². The molecule has 0 aliphatic carbocycles.